The Morgan fingerprint density at radius 2 is 1.58 bits per heavy atom. The normalized spacial score (nSPS) is 10.8. The molecule has 0 aliphatic heterocycles. The minimum Gasteiger partial charge on any atom is -0.334 e. The van der Waals surface area contributed by atoms with Gasteiger partial charge < -0.3 is 4.52 Å². The van der Waals surface area contributed by atoms with Crippen LogP contribution in [0.5, 0.6) is 0 Å². The predicted molar refractivity (Wildman–Crippen MR) is 106 cm³/mol. The van der Waals surface area contributed by atoms with Crippen LogP contribution in [0.3, 0.4) is 0 Å². The maximum absolute atomic E-state index is 5.94. The first-order valence-corrected chi connectivity index (χ1v) is 9.52. The van der Waals surface area contributed by atoms with Gasteiger partial charge >= 0.3 is 0 Å². The number of hydrogen-bond acceptors (Lipinski definition) is 4. The standard InChI is InChI=1S/C21H15ClN2OS/c22-17-12-10-16(11-13-17)20-23-21(25-24-20)18-8-4-5-9-19(18)26-14-15-6-2-1-3-7-15/h1-13H,14H2. The Kier molecular flexibility index (Phi) is 5.04. The Morgan fingerprint density at radius 1 is 0.846 bits per heavy atom. The molecule has 26 heavy (non-hydrogen) atoms. The van der Waals surface area contributed by atoms with Crippen LogP contribution >= 0.6 is 23.4 Å². The second kappa shape index (κ2) is 7.77. The fourth-order valence-electron chi connectivity index (χ4n) is 2.55. The lowest BCUT2D eigenvalue weighted by molar-refractivity contribution is 0.431. The van der Waals surface area contributed by atoms with Gasteiger partial charge in [-0.25, -0.2) is 0 Å². The van der Waals surface area contributed by atoms with E-state index in [0.717, 1.165) is 21.8 Å². The average molecular weight is 379 g/mol. The minimum absolute atomic E-state index is 0.520. The maximum Gasteiger partial charge on any atom is 0.259 e. The van der Waals surface area contributed by atoms with Crippen molar-refractivity contribution in [3.8, 4) is 22.8 Å². The summed E-state index contributed by atoms with van der Waals surface area (Å²) in [5.41, 5.74) is 3.10. The molecule has 0 saturated heterocycles. The molecule has 0 radical (unpaired) electrons. The van der Waals surface area contributed by atoms with Crippen LogP contribution in [0.1, 0.15) is 5.56 Å². The molecular formula is C21H15ClN2OS. The highest BCUT2D eigenvalue weighted by atomic mass is 35.5. The van der Waals surface area contributed by atoms with Crippen LogP contribution in [0.4, 0.5) is 0 Å². The van der Waals surface area contributed by atoms with E-state index in [1.165, 1.54) is 5.56 Å². The van der Waals surface area contributed by atoms with Gasteiger partial charge in [-0.1, -0.05) is 59.2 Å². The number of aromatic nitrogens is 2. The molecule has 0 aliphatic rings. The highest BCUT2D eigenvalue weighted by Crippen LogP contribution is 2.33. The molecule has 1 aromatic heterocycles. The van der Waals surface area contributed by atoms with E-state index >= 15 is 0 Å². The zero-order chi connectivity index (χ0) is 17.8. The van der Waals surface area contributed by atoms with Crippen molar-refractivity contribution in [2.75, 3.05) is 0 Å². The Morgan fingerprint density at radius 3 is 2.38 bits per heavy atom. The van der Waals surface area contributed by atoms with Gasteiger partial charge in [0.05, 0.1) is 5.56 Å². The van der Waals surface area contributed by atoms with Gasteiger partial charge in [0.1, 0.15) is 0 Å². The molecule has 4 rings (SSSR count). The number of nitrogens with zero attached hydrogens (tertiary/aromatic N) is 2. The van der Waals surface area contributed by atoms with E-state index < -0.39 is 0 Å². The first-order chi connectivity index (χ1) is 12.8. The van der Waals surface area contributed by atoms with E-state index in [9.17, 15) is 0 Å². The lowest BCUT2D eigenvalue weighted by atomic mass is 10.2. The molecule has 0 atom stereocenters. The minimum atomic E-state index is 0.520. The molecule has 3 nitrogen and oxygen atoms in total. The number of halogens is 1. The molecule has 5 heteroatoms. The molecule has 4 aromatic rings. The molecule has 1 heterocycles. The molecule has 0 saturated carbocycles. The highest BCUT2D eigenvalue weighted by molar-refractivity contribution is 7.98. The van der Waals surface area contributed by atoms with E-state index in [0.29, 0.717) is 16.7 Å². The van der Waals surface area contributed by atoms with Crippen molar-refractivity contribution in [3.05, 3.63) is 89.4 Å². The third kappa shape index (κ3) is 3.82. The maximum atomic E-state index is 5.94. The summed E-state index contributed by atoms with van der Waals surface area (Å²) < 4.78 is 5.52. The lowest BCUT2D eigenvalue weighted by Gasteiger charge is -2.05. The molecule has 3 aromatic carbocycles. The van der Waals surface area contributed by atoms with Gasteiger partial charge in [-0.2, -0.15) is 4.98 Å². The molecule has 0 N–H and O–H groups in total. The number of rotatable bonds is 5. The Balaban J connectivity index is 1.59. The summed E-state index contributed by atoms with van der Waals surface area (Å²) in [6.45, 7) is 0. The highest BCUT2D eigenvalue weighted by Gasteiger charge is 2.14. The van der Waals surface area contributed by atoms with Crippen molar-refractivity contribution in [3.63, 3.8) is 0 Å². The second-order valence-electron chi connectivity index (χ2n) is 5.70. The predicted octanol–water partition coefficient (Wildman–Crippen LogP) is 6.35. The Hall–Kier alpha value is -2.56. The van der Waals surface area contributed by atoms with Crippen molar-refractivity contribution in [1.29, 1.82) is 0 Å². The third-order valence-electron chi connectivity index (χ3n) is 3.88. The SMILES string of the molecule is Clc1ccc(-c2noc(-c3ccccc3SCc3ccccc3)n2)cc1. The largest absolute Gasteiger partial charge is 0.334 e. The van der Waals surface area contributed by atoms with Crippen molar-refractivity contribution in [2.45, 2.75) is 10.6 Å². The number of benzene rings is 3. The summed E-state index contributed by atoms with van der Waals surface area (Å²) in [5, 5.41) is 4.79. The third-order valence-corrected chi connectivity index (χ3v) is 5.28. The van der Waals surface area contributed by atoms with Crippen LogP contribution in [0.25, 0.3) is 22.8 Å². The van der Waals surface area contributed by atoms with Crippen LogP contribution in [-0.4, -0.2) is 10.1 Å². The van der Waals surface area contributed by atoms with Gasteiger partial charge in [-0.3, -0.25) is 0 Å². The summed E-state index contributed by atoms with van der Waals surface area (Å²) in [6.07, 6.45) is 0. The monoisotopic (exact) mass is 378 g/mol. The molecule has 0 amide bonds. The van der Waals surface area contributed by atoms with Crippen LogP contribution in [-0.2, 0) is 5.75 Å². The molecule has 0 fully saturated rings. The van der Waals surface area contributed by atoms with Gasteiger partial charge in [-0.05, 0) is 42.0 Å². The van der Waals surface area contributed by atoms with E-state index in [1.807, 2.05) is 48.5 Å². The van der Waals surface area contributed by atoms with Crippen LogP contribution < -0.4 is 0 Å². The fraction of sp³-hybridized carbons (Fsp3) is 0.0476. The lowest BCUT2D eigenvalue weighted by Crippen LogP contribution is -1.85. The fourth-order valence-corrected chi connectivity index (χ4v) is 3.68. The molecule has 0 bridgehead atoms. The summed E-state index contributed by atoms with van der Waals surface area (Å²) in [5.74, 6) is 1.96. The first kappa shape index (κ1) is 16.9. The van der Waals surface area contributed by atoms with E-state index in [-0.39, 0.29) is 0 Å². The molecule has 128 valence electrons. The van der Waals surface area contributed by atoms with Gasteiger partial charge in [0.15, 0.2) is 0 Å². The van der Waals surface area contributed by atoms with Crippen molar-refractivity contribution < 1.29 is 4.52 Å². The van der Waals surface area contributed by atoms with E-state index in [2.05, 4.69) is 40.5 Å². The van der Waals surface area contributed by atoms with Crippen LogP contribution in [0.2, 0.25) is 5.02 Å². The molecular weight excluding hydrogens is 364 g/mol. The first-order valence-electron chi connectivity index (χ1n) is 8.15. The van der Waals surface area contributed by atoms with Crippen molar-refractivity contribution >= 4 is 23.4 Å². The average Bonchev–Trinajstić information content (AvgIpc) is 3.18. The topological polar surface area (TPSA) is 38.9 Å². The van der Waals surface area contributed by atoms with Crippen LogP contribution in [0.15, 0.2) is 88.3 Å². The summed E-state index contributed by atoms with van der Waals surface area (Å²) >= 11 is 7.70. The Bertz CT molecular complexity index is 1000. The van der Waals surface area contributed by atoms with Gasteiger partial charge in [0.2, 0.25) is 5.82 Å². The van der Waals surface area contributed by atoms with E-state index in [4.69, 9.17) is 16.1 Å². The Labute approximate surface area is 161 Å². The van der Waals surface area contributed by atoms with Gasteiger partial charge in [0.25, 0.3) is 5.89 Å². The van der Waals surface area contributed by atoms with Gasteiger partial charge in [0, 0.05) is 21.2 Å². The van der Waals surface area contributed by atoms with Crippen molar-refractivity contribution in [1.82, 2.24) is 10.1 Å². The van der Waals surface area contributed by atoms with Crippen molar-refractivity contribution in [2.24, 2.45) is 0 Å². The summed E-state index contributed by atoms with van der Waals surface area (Å²) in [7, 11) is 0. The van der Waals surface area contributed by atoms with E-state index in [1.54, 1.807) is 11.8 Å². The second-order valence-corrected chi connectivity index (χ2v) is 7.15. The smallest absolute Gasteiger partial charge is 0.259 e. The molecule has 0 unspecified atom stereocenters. The summed E-state index contributed by atoms with van der Waals surface area (Å²) in [6, 6.07) is 25.9. The number of hydrogen-bond donors (Lipinski definition) is 0. The number of thioether (sulfide) groups is 1. The quantitative estimate of drug-likeness (QED) is 0.379. The van der Waals surface area contributed by atoms with Crippen LogP contribution in [0, 0.1) is 0 Å². The summed E-state index contributed by atoms with van der Waals surface area (Å²) in [4.78, 5) is 5.68. The molecule has 0 spiro atoms. The zero-order valence-electron chi connectivity index (χ0n) is 13.8. The zero-order valence-corrected chi connectivity index (χ0v) is 15.4. The molecule has 0 aliphatic carbocycles. The van der Waals surface area contributed by atoms with Gasteiger partial charge in [-0.15, -0.1) is 11.8 Å².